The lowest BCUT2D eigenvalue weighted by molar-refractivity contribution is 0.276. The molecule has 1 fully saturated rings. The maximum absolute atomic E-state index is 13.5. The van der Waals surface area contributed by atoms with Crippen LogP contribution in [0, 0.1) is 11.7 Å². The third-order valence-corrected chi connectivity index (χ3v) is 4.95. The van der Waals surface area contributed by atoms with Crippen LogP contribution in [0.25, 0.3) is 0 Å². The van der Waals surface area contributed by atoms with Crippen molar-refractivity contribution < 1.29 is 4.39 Å². The van der Waals surface area contributed by atoms with Gasteiger partial charge in [0.1, 0.15) is 5.82 Å². The van der Waals surface area contributed by atoms with Crippen molar-refractivity contribution in [3.63, 3.8) is 0 Å². The second-order valence-corrected chi connectivity index (χ2v) is 6.00. The highest BCUT2D eigenvalue weighted by molar-refractivity contribution is 9.10. The van der Waals surface area contributed by atoms with Gasteiger partial charge in [0.05, 0.1) is 4.47 Å². The molecule has 1 aliphatic rings. The summed E-state index contributed by atoms with van der Waals surface area (Å²) in [5, 5.41) is 3.42. The van der Waals surface area contributed by atoms with Gasteiger partial charge in [0.15, 0.2) is 0 Å². The van der Waals surface area contributed by atoms with Crippen LogP contribution in [0.3, 0.4) is 0 Å². The summed E-state index contributed by atoms with van der Waals surface area (Å²) in [6.07, 6.45) is 7.56. The standard InChI is InChI=1S/C15H21BrFN/c1-18-14(11-6-3-2-4-7-11)10-12-8-5-9-13(17)15(12)16/h5,8-9,11,14,18H,2-4,6-7,10H2,1H3. The fourth-order valence-corrected chi connectivity index (χ4v) is 3.41. The molecule has 1 atom stereocenters. The minimum absolute atomic E-state index is 0.161. The monoisotopic (exact) mass is 313 g/mol. The summed E-state index contributed by atoms with van der Waals surface area (Å²) in [6, 6.07) is 5.77. The number of likely N-dealkylation sites (N-methyl/N-ethyl adjacent to an activating group) is 1. The van der Waals surface area contributed by atoms with Gasteiger partial charge in [-0.05, 0) is 59.8 Å². The fourth-order valence-electron chi connectivity index (χ4n) is 2.98. The van der Waals surface area contributed by atoms with E-state index in [0.29, 0.717) is 10.5 Å². The lowest BCUT2D eigenvalue weighted by Gasteiger charge is -2.30. The first-order chi connectivity index (χ1) is 8.72. The molecule has 1 saturated carbocycles. The first-order valence-corrected chi connectivity index (χ1v) is 7.62. The molecule has 2 rings (SSSR count). The van der Waals surface area contributed by atoms with Crippen molar-refractivity contribution in [3.05, 3.63) is 34.1 Å². The van der Waals surface area contributed by atoms with Crippen LogP contribution < -0.4 is 5.32 Å². The van der Waals surface area contributed by atoms with Crippen LogP contribution in [-0.4, -0.2) is 13.1 Å². The Hall–Kier alpha value is -0.410. The topological polar surface area (TPSA) is 12.0 Å². The molecule has 0 spiro atoms. The smallest absolute Gasteiger partial charge is 0.137 e. The Kier molecular flexibility index (Phi) is 5.19. The van der Waals surface area contributed by atoms with Gasteiger partial charge in [-0.15, -0.1) is 0 Å². The number of halogens is 2. The molecule has 1 nitrogen and oxygen atoms in total. The van der Waals surface area contributed by atoms with Crippen molar-refractivity contribution in [2.75, 3.05) is 7.05 Å². The quantitative estimate of drug-likeness (QED) is 0.874. The maximum atomic E-state index is 13.5. The van der Waals surface area contributed by atoms with Crippen molar-refractivity contribution in [1.29, 1.82) is 0 Å². The van der Waals surface area contributed by atoms with Crippen LogP contribution in [0.1, 0.15) is 37.7 Å². The average Bonchev–Trinajstić information content (AvgIpc) is 2.41. The molecule has 1 unspecified atom stereocenters. The molecule has 0 heterocycles. The lowest BCUT2D eigenvalue weighted by Crippen LogP contribution is -2.36. The van der Waals surface area contributed by atoms with Crippen LogP contribution in [0.15, 0.2) is 22.7 Å². The van der Waals surface area contributed by atoms with E-state index in [0.717, 1.165) is 17.9 Å². The first-order valence-electron chi connectivity index (χ1n) is 6.82. The molecule has 1 aliphatic carbocycles. The molecule has 1 aromatic carbocycles. The van der Waals surface area contributed by atoms with E-state index < -0.39 is 0 Å². The summed E-state index contributed by atoms with van der Waals surface area (Å²) in [7, 11) is 2.02. The van der Waals surface area contributed by atoms with Crippen molar-refractivity contribution in [3.8, 4) is 0 Å². The molecular weight excluding hydrogens is 293 g/mol. The Morgan fingerprint density at radius 2 is 2.06 bits per heavy atom. The van der Waals surface area contributed by atoms with Crippen LogP contribution in [-0.2, 0) is 6.42 Å². The van der Waals surface area contributed by atoms with E-state index in [9.17, 15) is 4.39 Å². The van der Waals surface area contributed by atoms with Gasteiger partial charge in [0, 0.05) is 6.04 Å². The predicted molar refractivity (Wildman–Crippen MR) is 77.2 cm³/mol. The normalized spacial score (nSPS) is 18.8. The number of benzene rings is 1. The van der Waals surface area contributed by atoms with Gasteiger partial charge in [-0.25, -0.2) is 4.39 Å². The Labute approximate surface area is 117 Å². The zero-order chi connectivity index (χ0) is 13.0. The number of nitrogens with one attached hydrogen (secondary N) is 1. The van der Waals surface area contributed by atoms with Gasteiger partial charge < -0.3 is 5.32 Å². The van der Waals surface area contributed by atoms with Crippen molar-refractivity contribution in [2.45, 2.75) is 44.6 Å². The summed E-state index contributed by atoms with van der Waals surface area (Å²) in [5.74, 6) is 0.574. The highest BCUT2D eigenvalue weighted by Gasteiger charge is 2.23. The Balaban J connectivity index is 2.07. The molecule has 1 N–H and O–H groups in total. The average molecular weight is 314 g/mol. The summed E-state index contributed by atoms with van der Waals surface area (Å²) >= 11 is 3.36. The minimum atomic E-state index is -0.161. The molecular formula is C15H21BrFN. The first kappa shape index (κ1) is 14.0. The van der Waals surface area contributed by atoms with Crippen LogP contribution >= 0.6 is 15.9 Å². The molecule has 18 heavy (non-hydrogen) atoms. The molecule has 0 radical (unpaired) electrons. The summed E-state index contributed by atoms with van der Waals surface area (Å²) in [4.78, 5) is 0. The molecule has 3 heteroatoms. The van der Waals surface area contributed by atoms with E-state index in [2.05, 4.69) is 21.2 Å². The second kappa shape index (κ2) is 6.67. The molecule has 100 valence electrons. The highest BCUT2D eigenvalue weighted by Crippen LogP contribution is 2.29. The van der Waals surface area contributed by atoms with Crippen molar-refractivity contribution in [1.82, 2.24) is 5.32 Å². The van der Waals surface area contributed by atoms with Gasteiger partial charge in [-0.1, -0.05) is 31.4 Å². The zero-order valence-electron chi connectivity index (χ0n) is 10.9. The van der Waals surface area contributed by atoms with E-state index >= 15 is 0 Å². The maximum Gasteiger partial charge on any atom is 0.137 e. The summed E-state index contributed by atoms with van der Waals surface area (Å²) in [5.41, 5.74) is 1.07. The number of hydrogen-bond donors (Lipinski definition) is 1. The molecule has 0 saturated heterocycles. The van der Waals surface area contributed by atoms with Crippen LogP contribution in [0.5, 0.6) is 0 Å². The van der Waals surface area contributed by atoms with Gasteiger partial charge in [0.25, 0.3) is 0 Å². The Morgan fingerprint density at radius 3 is 2.72 bits per heavy atom. The Bertz CT molecular complexity index is 388. The van der Waals surface area contributed by atoms with Gasteiger partial charge in [0.2, 0.25) is 0 Å². The van der Waals surface area contributed by atoms with Crippen LogP contribution in [0.4, 0.5) is 4.39 Å². The van der Waals surface area contributed by atoms with Gasteiger partial charge in [-0.2, -0.15) is 0 Å². The van der Waals surface area contributed by atoms with E-state index in [1.807, 2.05) is 13.1 Å². The van der Waals surface area contributed by atoms with E-state index in [1.165, 1.54) is 38.2 Å². The molecule has 0 aromatic heterocycles. The molecule has 0 amide bonds. The minimum Gasteiger partial charge on any atom is -0.316 e. The number of rotatable bonds is 4. The van der Waals surface area contributed by atoms with E-state index in [-0.39, 0.29) is 5.82 Å². The number of hydrogen-bond acceptors (Lipinski definition) is 1. The molecule has 1 aromatic rings. The van der Waals surface area contributed by atoms with E-state index in [1.54, 1.807) is 6.07 Å². The lowest BCUT2D eigenvalue weighted by atomic mass is 9.81. The van der Waals surface area contributed by atoms with Crippen LogP contribution in [0.2, 0.25) is 0 Å². The summed E-state index contributed by atoms with van der Waals surface area (Å²) < 4.78 is 14.1. The zero-order valence-corrected chi connectivity index (χ0v) is 12.5. The second-order valence-electron chi connectivity index (χ2n) is 5.21. The van der Waals surface area contributed by atoms with Crippen molar-refractivity contribution in [2.24, 2.45) is 5.92 Å². The van der Waals surface area contributed by atoms with E-state index in [4.69, 9.17) is 0 Å². The highest BCUT2D eigenvalue weighted by atomic mass is 79.9. The third-order valence-electron chi connectivity index (χ3n) is 4.06. The molecule has 0 bridgehead atoms. The van der Waals surface area contributed by atoms with Gasteiger partial charge in [-0.3, -0.25) is 0 Å². The Morgan fingerprint density at radius 1 is 1.33 bits per heavy atom. The van der Waals surface area contributed by atoms with Gasteiger partial charge >= 0.3 is 0 Å². The summed E-state index contributed by atoms with van der Waals surface area (Å²) in [6.45, 7) is 0. The SMILES string of the molecule is CNC(Cc1cccc(F)c1Br)C1CCCCC1. The molecule has 0 aliphatic heterocycles. The largest absolute Gasteiger partial charge is 0.316 e. The third kappa shape index (κ3) is 3.33. The predicted octanol–water partition coefficient (Wildman–Crippen LogP) is 4.30. The fraction of sp³-hybridized carbons (Fsp3) is 0.600. The van der Waals surface area contributed by atoms with Crippen molar-refractivity contribution >= 4 is 15.9 Å².